The fourth-order valence-corrected chi connectivity index (χ4v) is 3.93. The Labute approximate surface area is 176 Å². The molecule has 1 N–H and O–H groups in total. The Morgan fingerprint density at radius 1 is 1.21 bits per heavy atom. The molecule has 0 amide bonds. The van der Waals surface area contributed by atoms with Gasteiger partial charge < -0.3 is 5.32 Å². The third-order valence-corrected chi connectivity index (χ3v) is 6.58. The molecule has 1 aromatic carbocycles. The summed E-state index contributed by atoms with van der Waals surface area (Å²) in [6.07, 6.45) is 4.99. The molecule has 2 aromatic heterocycles. The zero-order valence-electron chi connectivity index (χ0n) is 15.1. The standard InChI is InChI=1S/C18H17BrClN5O2S/c1-25(28(2,26)27)16-11-5-6-13(10-3-4-10)22-14(11)7-8-15(16)23-17-12(19)9-21-18(20)24-17/h5-10H,3-4H2,1-2H3,(H,21,23,24). The van der Waals surface area contributed by atoms with E-state index in [0.29, 0.717) is 27.6 Å². The zero-order chi connectivity index (χ0) is 20.1. The second kappa shape index (κ2) is 7.13. The van der Waals surface area contributed by atoms with E-state index < -0.39 is 10.0 Å². The van der Waals surface area contributed by atoms with Crippen molar-refractivity contribution in [2.24, 2.45) is 0 Å². The SMILES string of the molecule is CN(c1c(Nc2nc(Cl)ncc2Br)ccc2nc(C3CC3)ccc12)S(C)(=O)=O. The van der Waals surface area contributed by atoms with Crippen LogP contribution in [0.2, 0.25) is 5.28 Å². The van der Waals surface area contributed by atoms with Gasteiger partial charge in [-0.3, -0.25) is 9.29 Å². The van der Waals surface area contributed by atoms with Gasteiger partial charge in [0, 0.05) is 30.2 Å². The van der Waals surface area contributed by atoms with Crippen LogP contribution in [-0.4, -0.2) is 36.7 Å². The third kappa shape index (κ3) is 3.78. The molecule has 1 aliphatic carbocycles. The van der Waals surface area contributed by atoms with Crippen LogP contribution < -0.4 is 9.62 Å². The molecule has 1 saturated carbocycles. The Hall–Kier alpha value is -1.97. The summed E-state index contributed by atoms with van der Waals surface area (Å²) in [5.74, 6) is 0.947. The minimum atomic E-state index is -3.50. The molecule has 0 saturated heterocycles. The molecule has 0 radical (unpaired) electrons. The predicted octanol–water partition coefficient (Wildman–Crippen LogP) is 4.46. The fraction of sp³-hybridized carbons (Fsp3) is 0.278. The lowest BCUT2D eigenvalue weighted by molar-refractivity contribution is 0.600. The van der Waals surface area contributed by atoms with Crippen molar-refractivity contribution in [3.05, 3.63) is 45.9 Å². The van der Waals surface area contributed by atoms with Crippen molar-refractivity contribution in [2.75, 3.05) is 22.9 Å². The van der Waals surface area contributed by atoms with Gasteiger partial charge in [0.05, 0.1) is 27.6 Å². The third-order valence-electron chi connectivity index (χ3n) is 4.64. The molecule has 0 atom stereocenters. The Balaban J connectivity index is 1.89. The number of aromatic nitrogens is 3. The Morgan fingerprint density at radius 2 is 1.96 bits per heavy atom. The molecule has 2 heterocycles. The molecule has 0 spiro atoms. The number of pyridine rings is 1. The monoisotopic (exact) mass is 481 g/mol. The summed E-state index contributed by atoms with van der Waals surface area (Å²) in [7, 11) is -1.98. The lowest BCUT2D eigenvalue weighted by atomic mass is 10.1. The van der Waals surface area contributed by atoms with E-state index in [4.69, 9.17) is 16.6 Å². The minimum Gasteiger partial charge on any atom is -0.337 e. The molecule has 4 rings (SSSR count). The Morgan fingerprint density at radius 3 is 2.64 bits per heavy atom. The average Bonchev–Trinajstić information content (AvgIpc) is 3.48. The quantitative estimate of drug-likeness (QED) is 0.540. The normalized spacial score (nSPS) is 14.3. The van der Waals surface area contributed by atoms with Gasteiger partial charge in [-0.25, -0.2) is 13.4 Å². The van der Waals surface area contributed by atoms with Crippen molar-refractivity contribution in [1.29, 1.82) is 0 Å². The highest BCUT2D eigenvalue weighted by atomic mass is 79.9. The molecule has 7 nitrogen and oxygen atoms in total. The van der Waals surface area contributed by atoms with E-state index >= 15 is 0 Å². The topological polar surface area (TPSA) is 88.1 Å². The first kappa shape index (κ1) is 19.4. The number of halogens is 2. The van der Waals surface area contributed by atoms with Crippen LogP contribution in [0.25, 0.3) is 10.9 Å². The van der Waals surface area contributed by atoms with E-state index in [2.05, 4.69) is 31.2 Å². The van der Waals surface area contributed by atoms with Crippen LogP contribution in [0, 0.1) is 0 Å². The highest BCUT2D eigenvalue weighted by Gasteiger charge is 2.26. The van der Waals surface area contributed by atoms with Gasteiger partial charge in [0.15, 0.2) is 0 Å². The van der Waals surface area contributed by atoms with Crippen LogP contribution >= 0.6 is 27.5 Å². The van der Waals surface area contributed by atoms with Crippen LogP contribution in [0.1, 0.15) is 24.5 Å². The highest BCUT2D eigenvalue weighted by molar-refractivity contribution is 9.10. The molecule has 28 heavy (non-hydrogen) atoms. The van der Waals surface area contributed by atoms with Crippen LogP contribution in [0.15, 0.2) is 34.9 Å². The van der Waals surface area contributed by atoms with Crippen LogP contribution in [-0.2, 0) is 10.0 Å². The van der Waals surface area contributed by atoms with E-state index in [9.17, 15) is 8.42 Å². The number of nitrogens with one attached hydrogen (secondary N) is 1. The summed E-state index contributed by atoms with van der Waals surface area (Å²) < 4.78 is 26.5. The van der Waals surface area contributed by atoms with Crippen LogP contribution in [0.5, 0.6) is 0 Å². The maximum absolute atomic E-state index is 12.3. The molecule has 3 aromatic rings. The van der Waals surface area contributed by atoms with Crippen molar-refractivity contribution < 1.29 is 8.42 Å². The van der Waals surface area contributed by atoms with Crippen LogP contribution in [0.4, 0.5) is 17.2 Å². The van der Waals surface area contributed by atoms with E-state index in [1.807, 2.05) is 18.2 Å². The van der Waals surface area contributed by atoms with Gasteiger partial charge in [-0.15, -0.1) is 0 Å². The summed E-state index contributed by atoms with van der Waals surface area (Å²) in [5, 5.41) is 3.98. The number of anilines is 3. The maximum atomic E-state index is 12.3. The fourth-order valence-electron chi connectivity index (χ4n) is 2.98. The zero-order valence-corrected chi connectivity index (χ0v) is 18.3. The van der Waals surface area contributed by atoms with Gasteiger partial charge >= 0.3 is 0 Å². The van der Waals surface area contributed by atoms with Crippen molar-refractivity contribution in [3.63, 3.8) is 0 Å². The highest BCUT2D eigenvalue weighted by Crippen LogP contribution is 2.42. The molecule has 0 bridgehead atoms. The van der Waals surface area contributed by atoms with E-state index in [-0.39, 0.29) is 5.28 Å². The second-order valence-electron chi connectivity index (χ2n) is 6.73. The van der Waals surface area contributed by atoms with Gasteiger partial charge in [0.1, 0.15) is 5.82 Å². The lowest BCUT2D eigenvalue weighted by Crippen LogP contribution is -2.26. The molecular formula is C18H17BrClN5O2S. The molecule has 0 unspecified atom stereocenters. The number of sulfonamides is 1. The van der Waals surface area contributed by atoms with Crippen molar-refractivity contribution in [1.82, 2.24) is 15.0 Å². The van der Waals surface area contributed by atoms with Crippen molar-refractivity contribution in [2.45, 2.75) is 18.8 Å². The number of hydrogen-bond acceptors (Lipinski definition) is 6. The van der Waals surface area contributed by atoms with Crippen molar-refractivity contribution in [3.8, 4) is 0 Å². The molecule has 0 aliphatic heterocycles. The van der Waals surface area contributed by atoms with Gasteiger partial charge in [-0.05, 0) is 64.6 Å². The summed E-state index contributed by atoms with van der Waals surface area (Å²) in [6, 6.07) is 7.58. The molecule has 1 aliphatic rings. The number of benzene rings is 1. The summed E-state index contributed by atoms with van der Waals surface area (Å²) in [6.45, 7) is 0. The largest absolute Gasteiger partial charge is 0.337 e. The molecule has 10 heteroatoms. The van der Waals surface area contributed by atoms with Gasteiger partial charge in [0.2, 0.25) is 15.3 Å². The number of hydrogen-bond donors (Lipinski definition) is 1. The first-order chi connectivity index (χ1) is 13.2. The van der Waals surface area contributed by atoms with Crippen molar-refractivity contribution >= 4 is 65.6 Å². The minimum absolute atomic E-state index is 0.0836. The number of nitrogens with zero attached hydrogens (tertiary/aromatic N) is 4. The summed E-state index contributed by atoms with van der Waals surface area (Å²) >= 11 is 9.29. The average molecular weight is 483 g/mol. The number of rotatable bonds is 5. The smallest absolute Gasteiger partial charge is 0.232 e. The lowest BCUT2D eigenvalue weighted by Gasteiger charge is -2.23. The molecular weight excluding hydrogens is 466 g/mol. The van der Waals surface area contributed by atoms with Gasteiger partial charge in [-0.2, -0.15) is 4.98 Å². The predicted molar refractivity (Wildman–Crippen MR) is 115 cm³/mol. The Kier molecular flexibility index (Phi) is 4.93. The summed E-state index contributed by atoms with van der Waals surface area (Å²) in [4.78, 5) is 12.8. The van der Waals surface area contributed by atoms with Crippen LogP contribution in [0.3, 0.4) is 0 Å². The number of fused-ring (bicyclic) bond motifs is 1. The van der Waals surface area contributed by atoms with E-state index in [1.54, 1.807) is 6.07 Å². The first-order valence-electron chi connectivity index (χ1n) is 8.56. The molecule has 146 valence electrons. The summed E-state index contributed by atoms with van der Waals surface area (Å²) in [5.41, 5.74) is 2.86. The maximum Gasteiger partial charge on any atom is 0.232 e. The van der Waals surface area contributed by atoms with Gasteiger partial charge in [-0.1, -0.05) is 0 Å². The van der Waals surface area contributed by atoms with Gasteiger partial charge in [0.25, 0.3) is 0 Å². The van der Waals surface area contributed by atoms with E-state index in [1.165, 1.54) is 23.8 Å². The first-order valence-corrected chi connectivity index (χ1v) is 11.6. The van der Waals surface area contributed by atoms with E-state index in [0.717, 1.165) is 29.4 Å². The molecule has 1 fully saturated rings. The Bertz CT molecular complexity index is 1180. The second-order valence-corrected chi connectivity index (χ2v) is 9.94.